The van der Waals surface area contributed by atoms with Crippen LogP contribution in [0.2, 0.25) is 0 Å². The molecule has 1 aromatic heterocycles. The molecule has 3 aromatic rings. The van der Waals surface area contributed by atoms with Crippen molar-refractivity contribution in [3.05, 3.63) is 76.6 Å². The van der Waals surface area contributed by atoms with Crippen LogP contribution in [-0.2, 0) is 6.42 Å². The summed E-state index contributed by atoms with van der Waals surface area (Å²) in [6.45, 7) is 6.83. The lowest BCUT2D eigenvalue weighted by Gasteiger charge is -2.20. The molecule has 0 amide bonds. The summed E-state index contributed by atoms with van der Waals surface area (Å²) in [4.78, 5) is 17.2. The van der Waals surface area contributed by atoms with Crippen LogP contribution in [-0.4, -0.2) is 29.0 Å². The van der Waals surface area contributed by atoms with Gasteiger partial charge in [0, 0.05) is 24.2 Å². The second-order valence-corrected chi connectivity index (χ2v) is 9.40. The smallest absolute Gasteiger partial charge is 0.287 e. The summed E-state index contributed by atoms with van der Waals surface area (Å²) in [6.07, 6.45) is 3.87. The maximum atomic E-state index is 13.3. The first-order valence-corrected chi connectivity index (χ1v) is 11.0. The molecule has 0 saturated heterocycles. The standard InChI is InChI=1S/C24H27FN2O3S/c1-24(2,3)16-30-20-9-8-19(15-21(20)29-4)27-12-11-26-22(23(27)28)31-13-10-17-6-5-7-18(25)14-17/h5-9,11-12,14-15H,10,13,16H2,1-4H3. The highest BCUT2D eigenvalue weighted by Crippen LogP contribution is 2.30. The predicted molar refractivity (Wildman–Crippen MR) is 122 cm³/mol. The Morgan fingerprint density at radius 1 is 1.13 bits per heavy atom. The van der Waals surface area contributed by atoms with Crippen LogP contribution in [0, 0.1) is 11.2 Å². The third-order valence-electron chi connectivity index (χ3n) is 4.41. The summed E-state index contributed by atoms with van der Waals surface area (Å²) in [6, 6.07) is 11.9. The molecule has 0 saturated carbocycles. The number of hydrogen-bond donors (Lipinski definition) is 0. The van der Waals surface area contributed by atoms with Crippen molar-refractivity contribution in [1.29, 1.82) is 0 Å². The molecule has 0 fully saturated rings. The highest BCUT2D eigenvalue weighted by Gasteiger charge is 2.15. The number of halogens is 1. The molecular weight excluding hydrogens is 415 g/mol. The Hall–Kier alpha value is -2.80. The quantitative estimate of drug-likeness (QED) is 0.452. The molecule has 0 spiro atoms. The van der Waals surface area contributed by atoms with Crippen molar-refractivity contribution in [2.75, 3.05) is 19.5 Å². The number of hydrogen-bond acceptors (Lipinski definition) is 5. The largest absolute Gasteiger partial charge is 0.493 e. The van der Waals surface area contributed by atoms with Crippen LogP contribution in [0.25, 0.3) is 5.69 Å². The lowest BCUT2D eigenvalue weighted by Crippen LogP contribution is -2.21. The number of thioether (sulfide) groups is 1. The predicted octanol–water partition coefficient (Wildman–Crippen LogP) is 5.14. The number of aromatic nitrogens is 2. The van der Waals surface area contributed by atoms with Crippen LogP contribution in [0.3, 0.4) is 0 Å². The minimum absolute atomic E-state index is 0.0172. The third kappa shape index (κ3) is 6.34. The van der Waals surface area contributed by atoms with Crippen LogP contribution < -0.4 is 15.0 Å². The number of nitrogens with zero attached hydrogens (tertiary/aromatic N) is 2. The summed E-state index contributed by atoms with van der Waals surface area (Å²) in [7, 11) is 1.58. The van der Waals surface area contributed by atoms with Gasteiger partial charge in [0.25, 0.3) is 5.56 Å². The molecule has 0 bridgehead atoms. The van der Waals surface area contributed by atoms with Gasteiger partial charge in [0.05, 0.1) is 19.4 Å². The number of ether oxygens (including phenoxy) is 2. The zero-order chi connectivity index (χ0) is 22.4. The molecular formula is C24H27FN2O3S. The van der Waals surface area contributed by atoms with Crippen LogP contribution in [0.15, 0.2) is 64.7 Å². The summed E-state index contributed by atoms with van der Waals surface area (Å²) in [5.41, 5.74) is 1.36. The van der Waals surface area contributed by atoms with E-state index < -0.39 is 0 Å². The number of benzene rings is 2. The number of aryl methyl sites for hydroxylation is 1. The van der Waals surface area contributed by atoms with E-state index in [2.05, 4.69) is 25.8 Å². The van der Waals surface area contributed by atoms with Crippen molar-refractivity contribution >= 4 is 11.8 Å². The third-order valence-corrected chi connectivity index (χ3v) is 5.38. The lowest BCUT2D eigenvalue weighted by atomic mass is 9.99. The SMILES string of the molecule is COc1cc(-n2ccnc(SCCc3cccc(F)c3)c2=O)ccc1OCC(C)(C)C. The molecule has 31 heavy (non-hydrogen) atoms. The van der Waals surface area contributed by atoms with Crippen LogP contribution in [0.4, 0.5) is 4.39 Å². The fraction of sp³-hybridized carbons (Fsp3) is 0.333. The first-order valence-electron chi connectivity index (χ1n) is 10.0. The molecule has 0 aliphatic heterocycles. The zero-order valence-corrected chi connectivity index (χ0v) is 19.0. The van der Waals surface area contributed by atoms with Crippen molar-refractivity contribution in [3.63, 3.8) is 0 Å². The monoisotopic (exact) mass is 442 g/mol. The highest BCUT2D eigenvalue weighted by molar-refractivity contribution is 7.99. The Morgan fingerprint density at radius 3 is 2.65 bits per heavy atom. The summed E-state index contributed by atoms with van der Waals surface area (Å²) < 4.78 is 26.2. The van der Waals surface area contributed by atoms with Gasteiger partial charge in [-0.15, -0.1) is 11.8 Å². The Labute approximate surface area is 186 Å². The van der Waals surface area contributed by atoms with E-state index in [4.69, 9.17) is 9.47 Å². The maximum absolute atomic E-state index is 13.3. The Balaban J connectivity index is 1.76. The molecule has 3 rings (SSSR count). The van der Waals surface area contributed by atoms with Crippen molar-refractivity contribution in [2.45, 2.75) is 32.2 Å². The normalized spacial score (nSPS) is 11.4. The van der Waals surface area contributed by atoms with Crippen molar-refractivity contribution in [3.8, 4) is 17.2 Å². The molecule has 0 radical (unpaired) electrons. The van der Waals surface area contributed by atoms with Crippen molar-refractivity contribution in [2.24, 2.45) is 5.41 Å². The topological polar surface area (TPSA) is 53.4 Å². The van der Waals surface area contributed by atoms with Gasteiger partial charge >= 0.3 is 0 Å². The van der Waals surface area contributed by atoms with E-state index in [0.717, 1.165) is 5.56 Å². The summed E-state index contributed by atoms with van der Waals surface area (Å²) in [5.74, 6) is 1.56. The van der Waals surface area contributed by atoms with Gasteiger partial charge in [-0.3, -0.25) is 9.36 Å². The van der Waals surface area contributed by atoms with E-state index in [1.54, 1.807) is 31.6 Å². The van der Waals surface area contributed by atoms with E-state index in [1.807, 2.05) is 18.2 Å². The zero-order valence-electron chi connectivity index (χ0n) is 18.2. The highest BCUT2D eigenvalue weighted by atomic mass is 32.2. The van der Waals surface area contributed by atoms with Crippen molar-refractivity contribution in [1.82, 2.24) is 9.55 Å². The molecule has 0 N–H and O–H groups in total. The fourth-order valence-electron chi connectivity index (χ4n) is 2.87. The Morgan fingerprint density at radius 2 is 1.94 bits per heavy atom. The fourth-order valence-corrected chi connectivity index (χ4v) is 3.76. The molecule has 5 nitrogen and oxygen atoms in total. The molecule has 1 heterocycles. The molecule has 2 aromatic carbocycles. The lowest BCUT2D eigenvalue weighted by molar-refractivity contribution is 0.191. The van der Waals surface area contributed by atoms with E-state index >= 15 is 0 Å². The van der Waals surface area contributed by atoms with Crippen LogP contribution >= 0.6 is 11.8 Å². The van der Waals surface area contributed by atoms with E-state index in [9.17, 15) is 9.18 Å². The minimum Gasteiger partial charge on any atom is -0.493 e. The van der Waals surface area contributed by atoms with Gasteiger partial charge in [0.2, 0.25) is 0 Å². The maximum Gasteiger partial charge on any atom is 0.287 e. The minimum atomic E-state index is -0.258. The van der Waals surface area contributed by atoms with E-state index in [0.29, 0.717) is 41.0 Å². The molecule has 0 atom stereocenters. The number of methoxy groups -OCH3 is 1. The van der Waals surface area contributed by atoms with Gasteiger partial charge < -0.3 is 9.47 Å². The first kappa shape index (κ1) is 22.9. The van der Waals surface area contributed by atoms with Gasteiger partial charge in [-0.25, -0.2) is 9.37 Å². The van der Waals surface area contributed by atoms with Crippen molar-refractivity contribution < 1.29 is 13.9 Å². The molecule has 7 heteroatoms. The Bertz CT molecular complexity index is 1090. The van der Waals surface area contributed by atoms with E-state index in [-0.39, 0.29) is 16.8 Å². The first-order chi connectivity index (χ1) is 14.8. The second-order valence-electron chi connectivity index (χ2n) is 8.32. The van der Waals surface area contributed by atoms with Gasteiger partial charge in [-0.05, 0) is 41.7 Å². The van der Waals surface area contributed by atoms with Gasteiger partial charge in [0.1, 0.15) is 5.82 Å². The van der Waals surface area contributed by atoms with Gasteiger partial charge in [0.15, 0.2) is 16.5 Å². The summed E-state index contributed by atoms with van der Waals surface area (Å²) in [5, 5.41) is 0.394. The van der Waals surface area contributed by atoms with E-state index in [1.165, 1.54) is 28.5 Å². The summed E-state index contributed by atoms with van der Waals surface area (Å²) >= 11 is 1.36. The second kappa shape index (κ2) is 10.0. The molecule has 0 unspecified atom stereocenters. The van der Waals surface area contributed by atoms with Gasteiger partial charge in [-0.2, -0.15) is 0 Å². The average Bonchev–Trinajstić information content (AvgIpc) is 2.73. The Kier molecular flexibility index (Phi) is 7.38. The molecule has 164 valence electrons. The van der Waals surface area contributed by atoms with Crippen LogP contribution in [0.5, 0.6) is 11.5 Å². The average molecular weight is 443 g/mol. The van der Waals surface area contributed by atoms with Gasteiger partial charge in [-0.1, -0.05) is 32.9 Å². The van der Waals surface area contributed by atoms with Crippen LogP contribution in [0.1, 0.15) is 26.3 Å². The molecule has 0 aliphatic carbocycles. The number of rotatable bonds is 8. The molecule has 0 aliphatic rings.